The van der Waals surface area contributed by atoms with Crippen molar-refractivity contribution in [1.29, 1.82) is 0 Å². The van der Waals surface area contributed by atoms with E-state index in [0.717, 1.165) is 25.0 Å². The van der Waals surface area contributed by atoms with Gasteiger partial charge >= 0.3 is 6.18 Å². The van der Waals surface area contributed by atoms with Crippen LogP contribution in [0, 0.1) is 0 Å². The summed E-state index contributed by atoms with van der Waals surface area (Å²) in [5.41, 5.74) is 10.4. The Hall–Kier alpha value is -2.92. The van der Waals surface area contributed by atoms with Gasteiger partial charge in [-0.2, -0.15) is 18.2 Å². The zero-order valence-corrected chi connectivity index (χ0v) is 17.6. The molecule has 1 aromatic carbocycles. The number of halogens is 3. The second-order valence-corrected chi connectivity index (χ2v) is 8.27. The molecule has 5 N–H and O–H groups in total. The van der Waals surface area contributed by atoms with Crippen molar-refractivity contribution in [3.05, 3.63) is 41.1 Å². The van der Waals surface area contributed by atoms with Gasteiger partial charge in [-0.05, 0) is 49.4 Å². The van der Waals surface area contributed by atoms with Gasteiger partial charge in [-0.1, -0.05) is 0 Å². The average molecular weight is 450 g/mol. The van der Waals surface area contributed by atoms with Crippen LogP contribution in [0.1, 0.15) is 47.2 Å². The zero-order chi connectivity index (χ0) is 23.1. The minimum Gasteiger partial charge on any atom is -0.374 e. The number of anilines is 3. The summed E-state index contributed by atoms with van der Waals surface area (Å²) in [4.78, 5) is 22.4. The van der Waals surface area contributed by atoms with Crippen LogP contribution in [-0.4, -0.2) is 42.1 Å². The molecule has 1 saturated carbocycles. The zero-order valence-electron chi connectivity index (χ0n) is 17.6. The number of nitrogens with two attached hydrogens (primary N) is 2. The number of alkyl halides is 3. The quantitative estimate of drug-likeness (QED) is 0.619. The molecule has 1 atom stereocenters. The summed E-state index contributed by atoms with van der Waals surface area (Å²) in [5.74, 6) is -0.429. The van der Waals surface area contributed by atoms with Crippen molar-refractivity contribution in [3.63, 3.8) is 0 Å². The molecule has 4 rings (SSSR count). The van der Waals surface area contributed by atoms with E-state index in [4.69, 9.17) is 16.2 Å². The first-order valence-corrected chi connectivity index (χ1v) is 10.3. The van der Waals surface area contributed by atoms with Crippen LogP contribution in [0.5, 0.6) is 0 Å². The summed E-state index contributed by atoms with van der Waals surface area (Å²) in [7, 11) is 1.48. The van der Waals surface area contributed by atoms with E-state index < -0.39 is 23.2 Å². The number of aromatic nitrogens is 2. The summed E-state index contributed by atoms with van der Waals surface area (Å²) in [5, 5.41) is 2.86. The SMILES string of the molecule is COC1(c2cc(Nc3nc(N4CCC[C@H](N)C4)ncc3C(N)=O)cc(C(F)(F)F)c2)CC1. The molecule has 11 heteroatoms. The Morgan fingerprint density at radius 1 is 1.31 bits per heavy atom. The van der Waals surface area contributed by atoms with E-state index in [1.807, 2.05) is 4.90 Å². The van der Waals surface area contributed by atoms with Gasteiger partial charge in [0.25, 0.3) is 5.91 Å². The van der Waals surface area contributed by atoms with Gasteiger partial charge in [0.1, 0.15) is 11.4 Å². The molecule has 1 aliphatic heterocycles. The number of piperidine rings is 1. The molecule has 2 aromatic rings. The molecule has 2 heterocycles. The molecule has 0 radical (unpaired) electrons. The third kappa shape index (κ3) is 4.49. The highest BCUT2D eigenvalue weighted by atomic mass is 19.4. The van der Waals surface area contributed by atoms with Crippen LogP contribution in [0.4, 0.5) is 30.6 Å². The molecule has 8 nitrogen and oxygen atoms in total. The molecule has 1 aromatic heterocycles. The van der Waals surface area contributed by atoms with Gasteiger partial charge in [0.15, 0.2) is 0 Å². The summed E-state index contributed by atoms with van der Waals surface area (Å²) < 4.78 is 46.2. The molecule has 0 spiro atoms. The maximum atomic E-state index is 13.6. The molecule has 0 unspecified atom stereocenters. The molecular weight excluding hydrogens is 425 g/mol. The second kappa shape index (κ2) is 8.21. The third-order valence-electron chi connectivity index (χ3n) is 5.93. The maximum absolute atomic E-state index is 13.6. The highest BCUT2D eigenvalue weighted by Crippen LogP contribution is 2.50. The lowest BCUT2D eigenvalue weighted by Gasteiger charge is -2.31. The van der Waals surface area contributed by atoms with Crippen molar-refractivity contribution < 1.29 is 22.7 Å². The Morgan fingerprint density at radius 3 is 2.66 bits per heavy atom. The number of benzene rings is 1. The number of hydrogen-bond donors (Lipinski definition) is 3. The number of ether oxygens (including phenoxy) is 1. The van der Waals surface area contributed by atoms with Gasteiger partial charge < -0.3 is 26.4 Å². The van der Waals surface area contributed by atoms with Crippen molar-refractivity contribution in [1.82, 2.24) is 9.97 Å². The topological polar surface area (TPSA) is 119 Å². The number of nitrogens with zero attached hydrogens (tertiary/aromatic N) is 3. The number of methoxy groups -OCH3 is 1. The fraction of sp³-hybridized carbons (Fsp3) is 0.476. The van der Waals surface area contributed by atoms with Gasteiger partial charge in [0.2, 0.25) is 5.95 Å². The maximum Gasteiger partial charge on any atom is 0.416 e. The average Bonchev–Trinajstić information content (AvgIpc) is 3.54. The minimum atomic E-state index is -4.55. The molecule has 2 aliphatic rings. The van der Waals surface area contributed by atoms with Crippen LogP contribution < -0.4 is 21.7 Å². The van der Waals surface area contributed by atoms with Gasteiger partial charge in [-0.3, -0.25) is 4.79 Å². The number of amides is 1. The van der Waals surface area contributed by atoms with E-state index in [2.05, 4.69) is 15.3 Å². The number of carbonyl (C=O) groups excluding carboxylic acids is 1. The Bertz CT molecular complexity index is 1030. The normalized spacial score (nSPS) is 20.2. The fourth-order valence-corrected chi connectivity index (χ4v) is 3.98. The lowest BCUT2D eigenvalue weighted by molar-refractivity contribution is -0.137. The number of carbonyl (C=O) groups is 1. The van der Waals surface area contributed by atoms with Crippen LogP contribution in [0.25, 0.3) is 0 Å². The predicted molar refractivity (Wildman–Crippen MR) is 113 cm³/mol. The standard InChI is InChI=1S/C21H25F3N6O2/c1-32-20(4-5-20)12-7-13(21(22,23)24)9-15(8-12)28-18-16(17(26)31)10-27-19(29-18)30-6-2-3-14(25)11-30/h7-10,14H,2-6,11,25H2,1H3,(H2,26,31)(H,27,28,29)/t14-/m0/s1. The highest BCUT2D eigenvalue weighted by Gasteiger charge is 2.46. The van der Waals surface area contributed by atoms with E-state index in [1.165, 1.54) is 13.3 Å². The van der Waals surface area contributed by atoms with Crippen molar-refractivity contribution in [2.24, 2.45) is 11.5 Å². The van der Waals surface area contributed by atoms with Gasteiger partial charge in [-0.15, -0.1) is 0 Å². The predicted octanol–water partition coefficient (Wildman–Crippen LogP) is 2.90. The summed E-state index contributed by atoms with van der Waals surface area (Å²) in [6, 6.07) is 3.61. The van der Waals surface area contributed by atoms with Crippen molar-refractivity contribution >= 4 is 23.4 Å². The van der Waals surface area contributed by atoms with E-state index in [9.17, 15) is 18.0 Å². The summed E-state index contributed by atoms with van der Waals surface area (Å²) >= 11 is 0. The van der Waals surface area contributed by atoms with Crippen LogP contribution in [0.2, 0.25) is 0 Å². The lowest BCUT2D eigenvalue weighted by atomic mass is 10.0. The van der Waals surface area contributed by atoms with Crippen LogP contribution in [0.15, 0.2) is 24.4 Å². The van der Waals surface area contributed by atoms with Crippen LogP contribution in [0.3, 0.4) is 0 Å². The van der Waals surface area contributed by atoms with E-state index in [-0.39, 0.29) is 23.1 Å². The number of hydrogen-bond acceptors (Lipinski definition) is 7. The van der Waals surface area contributed by atoms with Gasteiger partial charge in [0.05, 0.1) is 11.2 Å². The van der Waals surface area contributed by atoms with Gasteiger partial charge in [0, 0.05) is 38.1 Å². The Labute approximate surface area is 183 Å². The first kappa shape index (κ1) is 22.3. The number of rotatable bonds is 6. The number of primary amides is 1. The third-order valence-corrected chi connectivity index (χ3v) is 5.93. The number of nitrogens with one attached hydrogen (secondary N) is 1. The lowest BCUT2D eigenvalue weighted by Crippen LogP contribution is -2.43. The monoisotopic (exact) mass is 450 g/mol. The molecule has 32 heavy (non-hydrogen) atoms. The van der Waals surface area contributed by atoms with Crippen molar-refractivity contribution in [3.8, 4) is 0 Å². The van der Waals surface area contributed by atoms with E-state index in [0.29, 0.717) is 37.4 Å². The smallest absolute Gasteiger partial charge is 0.374 e. The van der Waals surface area contributed by atoms with Crippen LogP contribution in [-0.2, 0) is 16.5 Å². The molecule has 1 aliphatic carbocycles. The molecule has 1 saturated heterocycles. The van der Waals surface area contributed by atoms with E-state index >= 15 is 0 Å². The van der Waals surface area contributed by atoms with E-state index in [1.54, 1.807) is 6.07 Å². The first-order chi connectivity index (χ1) is 15.1. The Morgan fingerprint density at radius 2 is 2.06 bits per heavy atom. The van der Waals surface area contributed by atoms with Gasteiger partial charge in [-0.25, -0.2) is 4.98 Å². The molecule has 1 amide bonds. The fourth-order valence-electron chi connectivity index (χ4n) is 3.98. The van der Waals surface area contributed by atoms with Crippen molar-refractivity contribution in [2.45, 2.75) is 43.5 Å². The minimum absolute atomic E-state index is 0.0260. The molecule has 0 bridgehead atoms. The Balaban J connectivity index is 1.73. The molecular formula is C21H25F3N6O2. The van der Waals surface area contributed by atoms with Crippen LogP contribution >= 0.6 is 0 Å². The highest BCUT2D eigenvalue weighted by molar-refractivity contribution is 5.98. The Kier molecular flexibility index (Phi) is 5.72. The summed E-state index contributed by atoms with van der Waals surface area (Å²) in [6.07, 6.45) is -0.272. The first-order valence-electron chi connectivity index (χ1n) is 10.3. The summed E-state index contributed by atoms with van der Waals surface area (Å²) in [6.45, 7) is 1.23. The largest absolute Gasteiger partial charge is 0.416 e. The van der Waals surface area contributed by atoms with Crippen molar-refractivity contribution in [2.75, 3.05) is 30.4 Å². The molecule has 2 fully saturated rings. The second-order valence-electron chi connectivity index (χ2n) is 8.27. The molecule has 172 valence electrons.